The molecule has 8 heteroatoms. The molecule has 1 fully saturated rings. The minimum Gasteiger partial charge on any atom is -0.295 e. The number of carbonyl (C=O) groups is 1. The van der Waals surface area contributed by atoms with Gasteiger partial charge in [0.15, 0.2) is 0 Å². The Morgan fingerprint density at radius 2 is 2.16 bits per heavy atom. The average molecular weight is 279 g/mol. The summed E-state index contributed by atoms with van der Waals surface area (Å²) in [5.74, 6) is 0.230. The topological polar surface area (TPSA) is 70.6 Å². The van der Waals surface area contributed by atoms with Crippen molar-refractivity contribution in [3.8, 4) is 0 Å². The maximum absolute atomic E-state index is 12.2. The number of rotatable bonds is 3. The first-order chi connectivity index (χ1) is 8.80. The van der Waals surface area contributed by atoms with E-state index in [2.05, 4.69) is 4.98 Å². The Bertz CT molecular complexity index is 588. The van der Waals surface area contributed by atoms with E-state index >= 15 is 0 Å². The molecular formula is C11H14BN3O3S. The third kappa shape index (κ3) is 2.79. The zero-order valence-corrected chi connectivity index (χ0v) is 11.6. The van der Waals surface area contributed by atoms with Crippen molar-refractivity contribution in [2.45, 2.75) is 12.5 Å². The van der Waals surface area contributed by atoms with Crippen LogP contribution >= 0.6 is 0 Å². The van der Waals surface area contributed by atoms with Gasteiger partial charge in [-0.3, -0.25) is 9.69 Å². The normalized spacial score (nSPS) is 20.3. The highest BCUT2D eigenvalue weighted by Crippen LogP contribution is 2.22. The second kappa shape index (κ2) is 4.94. The van der Waals surface area contributed by atoms with Crippen LogP contribution in [0.1, 0.15) is 6.42 Å². The molecule has 2 radical (unpaired) electrons. The number of anilines is 1. The molecule has 0 aromatic carbocycles. The lowest BCUT2D eigenvalue weighted by Gasteiger charge is -2.21. The smallest absolute Gasteiger partial charge is 0.246 e. The summed E-state index contributed by atoms with van der Waals surface area (Å²) in [6.45, 7) is 0.445. The average Bonchev–Trinajstić information content (AvgIpc) is 2.70. The van der Waals surface area contributed by atoms with E-state index in [0.29, 0.717) is 24.2 Å². The molecular weight excluding hydrogens is 265 g/mol. The monoisotopic (exact) mass is 279 g/mol. The summed E-state index contributed by atoms with van der Waals surface area (Å²) in [4.78, 5) is 17.8. The Kier molecular flexibility index (Phi) is 3.64. The maximum atomic E-state index is 12.2. The van der Waals surface area contributed by atoms with E-state index in [-0.39, 0.29) is 5.91 Å². The fraction of sp³-hybridized carbons (Fsp3) is 0.455. The quantitative estimate of drug-likeness (QED) is 0.657. The molecule has 2 heterocycles. The number of sulfonamides is 1. The lowest BCUT2D eigenvalue weighted by molar-refractivity contribution is -0.120. The summed E-state index contributed by atoms with van der Waals surface area (Å²) in [7, 11) is 3.57. The number of likely N-dealkylation sites (N-methyl/N-ethyl adjacent to an activating group) is 1. The number of pyridine rings is 1. The number of carbonyl (C=O) groups excluding carboxylic acids is 1. The molecule has 0 spiro atoms. The van der Waals surface area contributed by atoms with Crippen molar-refractivity contribution >= 4 is 35.1 Å². The molecule has 1 amide bonds. The summed E-state index contributed by atoms with van der Waals surface area (Å²) in [6.07, 6.45) is 3.01. The standard InChI is InChI=1S/C11H14BN3O3S/c1-14(19(2,17)18)9-5-6-15(11(9)16)10-4-3-8(12)7-13-10/h3-4,7,9H,5-6H2,1-2H3. The van der Waals surface area contributed by atoms with E-state index < -0.39 is 16.1 Å². The van der Waals surface area contributed by atoms with Crippen molar-refractivity contribution < 1.29 is 13.2 Å². The van der Waals surface area contributed by atoms with Gasteiger partial charge in [-0.05, 0) is 12.5 Å². The summed E-state index contributed by atoms with van der Waals surface area (Å²) < 4.78 is 24.1. The van der Waals surface area contributed by atoms with Crippen LogP contribution in [0.25, 0.3) is 0 Å². The summed E-state index contributed by atoms with van der Waals surface area (Å²) in [5, 5.41) is 0. The van der Waals surface area contributed by atoms with Gasteiger partial charge in [0.2, 0.25) is 15.9 Å². The SMILES string of the molecule is [B]c1ccc(N2CCC(N(C)S(C)(=O)=O)C2=O)nc1. The highest BCUT2D eigenvalue weighted by Gasteiger charge is 2.38. The Labute approximate surface area is 113 Å². The third-order valence-corrected chi connectivity index (χ3v) is 4.49. The highest BCUT2D eigenvalue weighted by atomic mass is 32.2. The lowest BCUT2D eigenvalue weighted by atomic mass is 9.99. The third-order valence-electron chi connectivity index (χ3n) is 3.19. The molecule has 1 aliphatic heterocycles. The van der Waals surface area contributed by atoms with E-state index in [1.54, 1.807) is 12.1 Å². The number of amides is 1. The Hall–Kier alpha value is -1.41. The van der Waals surface area contributed by atoms with Gasteiger partial charge in [0.05, 0.1) is 6.26 Å². The van der Waals surface area contributed by atoms with Gasteiger partial charge >= 0.3 is 0 Å². The molecule has 1 aromatic heterocycles. The second-order valence-electron chi connectivity index (χ2n) is 4.52. The zero-order valence-electron chi connectivity index (χ0n) is 10.8. The van der Waals surface area contributed by atoms with Crippen molar-refractivity contribution in [3.63, 3.8) is 0 Å². The van der Waals surface area contributed by atoms with Gasteiger partial charge in [-0.2, -0.15) is 4.31 Å². The Balaban J connectivity index is 2.21. The van der Waals surface area contributed by atoms with Gasteiger partial charge in [-0.1, -0.05) is 11.5 Å². The van der Waals surface area contributed by atoms with Gasteiger partial charge in [0.1, 0.15) is 19.7 Å². The highest BCUT2D eigenvalue weighted by molar-refractivity contribution is 7.88. The van der Waals surface area contributed by atoms with E-state index in [0.717, 1.165) is 10.6 Å². The second-order valence-corrected chi connectivity index (χ2v) is 6.57. The van der Waals surface area contributed by atoms with E-state index in [9.17, 15) is 13.2 Å². The first-order valence-corrected chi connectivity index (χ1v) is 7.61. The van der Waals surface area contributed by atoms with Crippen LogP contribution < -0.4 is 10.4 Å². The van der Waals surface area contributed by atoms with Crippen LogP contribution in [0.2, 0.25) is 0 Å². The van der Waals surface area contributed by atoms with Gasteiger partial charge in [-0.25, -0.2) is 13.4 Å². The lowest BCUT2D eigenvalue weighted by Crippen LogP contribution is -2.42. The number of aromatic nitrogens is 1. The van der Waals surface area contributed by atoms with Gasteiger partial charge in [0.25, 0.3) is 0 Å². The number of hydrogen-bond acceptors (Lipinski definition) is 4. The first-order valence-electron chi connectivity index (χ1n) is 5.76. The summed E-state index contributed by atoms with van der Waals surface area (Å²) in [5.41, 5.74) is 0.514. The summed E-state index contributed by atoms with van der Waals surface area (Å²) >= 11 is 0. The van der Waals surface area contributed by atoms with Crippen molar-refractivity contribution in [2.75, 3.05) is 24.7 Å². The van der Waals surface area contributed by atoms with Gasteiger partial charge < -0.3 is 0 Å². The van der Waals surface area contributed by atoms with Crippen LogP contribution in [0, 0.1) is 0 Å². The minimum atomic E-state index is -3.39. The maximum Gasteiger partial charge on any atom is 0.246 e. The predicted octanol–water partition coefficient (Wildman–Crippen LogP) is -1.13. The molecule has 0 bridgehead atoms. The fourth-order valence-electron chi connectivity index (χ4n) is 2.02. The molecule has 0 saturated carbocycles. The van der Waals surface area contributed by atoms with Gasteiger partial charge in [-0.15, -0.1) is 0 Å². The summed E-state index contributed by atoms with van der Waals surface area (Å²) in [6, 6.07) is 2.65. The van der Waals surface area contributed by atoms with E-state index in [1.165, 1.54) is 18.1 Å². The number of hydrogen-bond donors (Lipinski definition) is 0. The molecule has 0 aliphatic carbocycles. The van der Waals surface area contributed by atoms with Crippen molar-refractivity contribution in [1.29, 1.82) is 0 Å². The zero-order chi connectivity index (χ0) is 14.2. The van der Waals surface area contributed by atoms with Crippen molar-refractivity contribution in [2.24, 2.45) is 0 Å². The number of nitrogens with zero attached hydrogens (tertiary/aromatic N) is 3. The first kappa shape index (κ1) is 14.0. The van der Waals surface area contributed by atoms with E-state index in [1.807, 2.05) is 0 Å². The molecule has 1 aromatic rings. The van der Waals surface area contributed by atoms with Crippen LogP contribution in [0.3, 0.4) is 0 Å². The predicted molar refractivity (Wildman–Crippen MR) is 73.0 cm³/mol. The molecule has 1 saturated heterocycles. The van der Waals surface area contributed by atoms with Gasteiger partial charge in [0, 0.05) is 19.8 Å². The Morgan fingerprint density at radius 3 is 2.68 bits per heavy atom. The molecule has 1 aliphatic rings. The molecule has 1 unspecified atom stereocenters. The van der Waals surface area contributed by atoms with Crippen molar-refractivity contribution in [3.05, 3.63) is 18.3 Å². The van der Waals surface area contributed by atoms with Crippen LogP contribution in [0.15, 0.2) is 18.3 Å². The molecule has 1 atom stereocenters. The van der Waals surface area contributed by atoms with Crippen LogP contribution in [-0.4, -0.2) is 57.4 Å². The molecule has 0 N–H and O–H groups in total. The molecule has 2 rings (SSSR count). The molecule has 6 nitrogen and oxygen atoms in total. The largest absolute Gasteiger partial charge is 0.295 e. The fourth-order valence-corrected chi connectivity index (χ4v) is 2.68. The van der Waals surface area contributed by atoms with Crippen LogP contribution in [0.5, 0.6) is 0 Å². The van der Waals surface area contributed by atoms with Crippen molar-refractivity contribution in [1.82, 2.24) is 9.29 Å². The van der Waals surface area contributed by atoms with Crippen LogP contribution in [0.4, 0.5) is 5.82 Å². The Morgan fingerprint density at radius 1 is 1.47 bits per heavy atom. The molecule has 100 valence electrons. The van der Waals surface area contributed by atoms with Crippen LogP contribution in [-0.2, 0) is 14.8 Å². The minimum absolute atomic E-state index is 0.259. The van der Waals surface area contributed by atoms with E-state index in [4.69, 9.17) is 7.85 Å². The molecule has 19 heavy (non-hydrogen) atoms.